The molecule has 0 aromatic rings. The Balaban J connectivity index is -0.000000727. The van der Waals surface area contributed by atoms with Crippen LogP contribution >= 0.6 is 0 Å². The Morgan fingerprint density at radius 2 is 0.628 bits per heavy atom. The third-order valence-corrected chi connectivity index (χ3v) is 8.12. The van der Waals surface area contributed by atoms with Gasteiger partial charge in [0.05, 0.1) is 12.2 Å². The molecule has 0 saturated carbocycles. The zero-order chi connectivity index (χ0) is 31.5. The monoisotopic (exact) mass is 806 g/mol. The Morgan fingerprint density at radius 1 is 0.419 bits per heavy atom. The number of aliphatic hydroxyl groups is 2. The Kier molecular flexibility index (Phi) is 43.7. The van der Waals surface area contributed by atoms with Gasteiger partial charge in [0.1, 0.15) is 0 Å². The number of carbonyl (C=O) groups excluding carboxylic acids is 2. The van der Waals surface area contributed by atoms with Gasteiger partial charge in [0.2, 0.25) is 0 Å². The first kappa shape index (κ1) is 47.2. The molecule has 0 aliphatic rings. The SMILES string of the molecule is CCCCC(O)CCCCCCCCCCCCC(=O)[O-].CCCCC(O)CCCCCCCCCCCCC(=O)[O-].[Pb+2]. The van der Waals surface area contributed by atoms with Crippen LogP contribution in [-0.2, 0) is 9.59 Å². The number of carboxylic acids is 2. The molecule has 0 bridgehead atoms. The van der Waals surface area contributed by atoms with E-state index in [0.717, 1.165) is 89.9 Å². The van der Waals surface area contributed by atoms with E-state index in [0.29, 0.717) is 0 Å². The molecule has 6 nitrogen and oxygen atoms in total. The van der Waals surface area contributed by atoms with E-state index in [1.165, 1.54) is 89.9 Å². The fraction of sp³-hybridized carbons (Fsp3) is 0.944. The van der Waals surface area contributed by atoms with Crippen LogP contribution in [-0.4, -0.2) is 61.7 Å². The average Bonchev–Trinajstić information content (AvgIpc) is 2.96. The largest absolute Gasteiger partial charge is 2.00 e. The van der Waals surface area contributed by atoms with Crippen molar-refractivity contribution in [1.82, 2.24) is 0 Å². The van der Waals surface area contributed by atoms with Crippen molar-refractivity contribution in [3.05, 3.63) is 0 Å². The third-order valence-electron chi connectivity index (χ3n) is 8.12. The van der Waals surface area contributed by atoms with Crippen molar-refractivity contribution in [2.24, 2.45) is 0 Å². The van der Waals surface area contributed by atoms with Crippen molar-refractivity contribution in [2.75, 3.05) is 0 Å². The second-order valence-electron chi connectivity index (χ2n) is 12.5. The van der Waals surface area contributed by atoms with Crippen LogP contribution in [0.1, 0.15) is 206 Å². The summed E-state index contributed by atoms with van der Waals surface area (Å²) in [5.74, 6) is -1.84. The van der Waals surface area contributed by atoms with Gasteiger partial charge in [-0.3, -0.25) is 0 Å². The summed E-state index contributed by atoms with van der Waals surface area (Å²) in [6.07, 6.45) is 32.2. The van der Waals surface area contributed by atoms with Crippen LogP contribution in [0.2, 0.25) is 0 Å². The van der Waals surface area contributed by atoms with E-state index in [-0.39, 0.29) is 52.3 Å². The fourth-order valence-electron chi connectivity index (χ4n) is 5.30. The van der Waals surface area contributed by atoms with Gasteiger partial charge < -0.3 is 30.0 Å². The van der Waals surface area contributed by atoms with Crippen LogP contribution in [0.3, 0.4) is 0 Å². The smallest absolute Gasteiger partial charge is 0.550 e. The Hall–Kier alpha value is -0.218. The first-order valence-electron chi connectivity index (χ1n) is 18.1. The molecule has 2 unspecified atom stereocenters. The maximum atomic E-state index is 10.2. The molecule has 0 aromatic carbocycles. The summed E-state index contributed by atoms with van der Waals surface area (Å²) < 4.78 is 0. The predicted molar refractivity (Wildman–Crippen MR) is 178 cm³/mol. The van der Waals surface area contributed by atoms with Crippen LogP contribution in [0.5, 0.6) is 0 Å². The molecule has 2 N–H and O–H groups in total. The molecule has 0 spiro atoms. The number of unbranched alkanes of at least 4 members (excludes halogenated alkanes) is 20. The summed E-state index contributed by atoms with van der Waals surface area (Å²) >= 11 is 0. The topological polar surface area (TPSA) is 121 Å². The van der Waals surface area contributed by atoms with E-state index >= 15 is 0 Å². The van der Waals surface area contributed by atoms with Gasteiger partial charge in [-0.05, 0) is 51.4 Å². The molecule has 0 fully saturated rings. The zero-order valence-electron chi connectivity index (χ0n) is 28.4. The average molecular weight is 806 g/mol. The van der Waals surface area contributed by atoms with Gasteiger partial charge in [-0.1, -0.05) is 155 Å². The van der Waals surface area contributed by atoms with Crippen molar-refractivity contribution in [3.8, 4) is 0 Å². The molecule has 43 heavy (non-hydrogen) atoms. The molecule has 0 amide bonds. The van der Waals surface area contributed by atoms with Crippen molar-refractivity contribution >= 4 is 39.2 Å². The maximum absolute atomic E-state index is 10.2. The number of aliphatic hydroxyl groups excluding tert-OH is 2. The summed E-state index contributed by atoms with van der Waals surface area (Å²) in [5.41, 5.74) is 0. The summed E-state index contributed by atoms with van der Waals surface area (Å²) in [6, 6.07) is 0. The van der Waals surface area contributed by atoms with Gasteiger partial charge in [0.25, 0.3) is 0 Å². The standard InChI is InChI=1S/2C18H36O3.Pb/c2*1-2-3-14-17(19)15-12-10-8-6-4-5-7-9-11-13-16-18(20)21;/h2*17,19H,2-16H2,1H3,(H,20,21);/q;;+2/p-2. The quantitative estimate of drug-likeness (QED) is 0.0535. The molecular formula is C36H70O6Pb. The first-order valence-corrected chi connectivity index (χ1v) is 18.1. The third kappa shape index (κ3) is 46.3. The van der Waals surface area contributed by atoms with Gasteiger partial charge in [0, 0.05) is 11.9 Å². The Labute approximate surface area is 286 Å². The molecule has 2 atom stereocenters. The summed E-state index contributed by atoms with van der Waals surface area (Å²) in [6.45, 7) is 4.33. The molecular weight excluding hydrogens is 736 g/mol. The maximum Gasteiger partial charge on any atom is 2.00 e. The van der Waals surface area contributed by atoms with Crippen LogP contribution in [0.25, 0.3) is 0 Å². The van der Waals surface area contributed by atoms with E-state index in [1.54, 1.807) is 0 Å². The minimum atomic E-state index is -0.921. The number of aliphatic carboxylic acids is 2. The normalized spacial score (nSPS) is 12.2. The molecule has 0 aliphatic carbocycles. The van der Waals surface area contributed by atoms with Crippen LogP contribution in [0.4, 0.5) is 0 Å². The van der Waals surface area contributed by atoms with Crippen LogP contribution in [0.15, 0.2) is 0 Å². The number of carboxylic acid groups (broad SMARTS) is 2. The van der Waals surface area contributed by atoms with Gasteiger partial charge >= 0.3 is 27.3 Å². The van der Waals surface area contributed by atoms with Crippen molar-refractivity contribution in [3.63, 3.8) is 0 Å². The molecule has 0 heterocycles. The van der Waals surface area contributed by atoms with Crippen molar-refractivity contribution < 1.29 is 30.0 Å². The van der Waals surface area contributed by atoms with E-state index in [4.69, 9.17) is 0 Å². The van der Waals surface area contributed by atoms with E-state index in [1.807, 2.05) is 0 Å². The number of rotatable bonds is 32. The Bertz CT molecular complexity index is 512. The minimum Gasteiger partial charge on any atom is -0.550 e. The molecule has 0 saturated heterocycles. The van der Waals surface area contributed by atoms with Gasteiger partial charge in [-0.2, -0.15) is 0 Å². The molecule has 0 rings (SSSR count). The minimum absolute atomic E-state index is 0. The molecule has 254 valence electrons. The fourth-order valence-corrected chi connectivity index (χ4v) is 5.30. The summed E-state index contributed by atoms with van der Waals surface area (Å²) in [4.78, 5) is 20.5. The van der Waals surface area contributed by atoms with Gasteiger partial charge in [0.15, 0.2) is 0 Å². The zero-order valence-corrected chi connectivity index (χ0v) is 32.3. The molecule has 2 radical (unpaired) electrons. The van der Waals surface area contributed by atoms with Crippen LogP contribution in [0, 0.1) is 0 Å². The number of carbonyl (C=O) groups is 2. The van der Waals surface area contributed by atoms with Gasteiger partial charge in [-0.15, -0.1) is 0 Å². The Morgan fingerprint density at radius 3 is 0.860 bits per heavy atom. The van der Waals surface area contributed by atoms with E-state index < -0.39 is 11.9 Å². The first-order chi connectivity index (χ1) is 20.3. The molecule has 7 heteroatoms. The van der Waals surface area contributed by atoms with Crippen LogP contribution < -0.4 is 10.2 Å². The number of hydrogen-bond donors (Lipinski definition) is 2. The number of hydrogen-bond acceptors (Lipinski definition) is 6. The predicted octanol–water partition coefficient (Wildman–Crippen LogP) is 7.56. The molecule has 0 aliphatic heterocycles. The van der Waals surface area contributed by atoms with Crippen molar-refractivity contribution in [1.29, 1.82) is 0 Å². The molecule has 0 aromatic heterocycles. The van der Waals surface area contributed by atoms with Gasteiger partial charge in [-0.25, -0.2) is 0 Å². The van der Waals surface area contributed by atoms with Crippen molar-refractivity contribution in [2.45, 2.75) is 219 Å². The van der Waals surface area contributed by atoms with E-state index in [9.17, 15) is 30.0 Å². The second-order valence-corrected chi connectivity index (χ2v) is 12.5. The van der Waals surface area contributed by atoms with E-state index in [2.05, 4.69) is 13.8 Å². The summed E-state index contributed by atoms with van der Waals surface area (Å²) in [7, 11) is 0. The second kappa shape index (κ2) is 39.8. The summed E-state index contributed by atoms with van der Waals surface area (Å²) in [5, 5.41) is 39.9.